The van der Waals surface area contributed by atoms with Crippen LogP contribution in [0.5, 0.6) is 0 Å². The van der Waals surface area contributed by atoms with Gasteiger partial charge in [-0.1, -0.05) is 26.7 Å². The average Bonchev–Trinajstić information content (AvgIpc) is 2.61. The number of nitrogens with zero attached hydrogens (tertiary/aromatic N) is 1. The molecular formula is C14H25N3. The number of aromatic amines is 1. The molecule has 3 nitrogen and oxygen atoms in total. The zero-order valence-corrected chi connectivity index (χ0v) is 11.5. The summed E-state index contributed by atoms with van der Waals surface area (Å²) in [5.41, 5.74) is 3.47. The maximum Gasteiger partial charge on any atom is 0.0825 e. The molecule has 17 heavy (non-hydrogen) atoms. The topological polar surface area (TPSA) is 40.7 Å². The van der Waals surface area contributed by atoms with Crippen molar-refractivity contribution in [2.45, 2.75) is 59.4 Å². The number of H-pyrrole nitrogens is 1. The Morgan fingerprint density at radius 3 is 2.65 bits per heavy atom. The minimum absolute atomic E-state index is 0.631. The molecule has 1 aliphatic carbocycles. The van der Waals surface area contributed by atoms with Crippen LogP contribution in [0.25, 0.3) is 0 Å². The average molecular weight is 235 g/mol. The van der Waals surface area contributed by atoms with Gasteiger partial charge in [-0.05, 0) is 38.5 Å². The monoisotopic (exact) mass is 235 g/mol. The Morgan fingerprint density at radius 2 is 2.06 bits per heavy atom. The minimum Gasteiger partial charge on any atom is -0.379 e. The highest BCUT2D eigenvalue weighted by molar-refractivity contribution is 5.52. The smallest absolute Gasteiger partial charge is 0.0825 e. The summed E-state index contributed by atoms with van der Waals surface area (Å²) in [6.45, 7) is 8.85. The normalized spacial score (nSPS) is 25.2. The van der Waals surface area contributed by atoms with E-state index in [1.54, 1.807) is 0 Å². The van der Waals surface area contributed by atoms with E-state index in [1.165, 1.54) is 31.4 Å². The largest absolute Gasteiger partial charge is 0.379 e. The van der Waals surface area contributed by atoms with E-state index >= 15 is 0 Å². The van der Waals surface area contributed by atoms with Gasteiger partial charge >= 0.3 is 0 Å². The van der Waals surface area contributed by atoms with E-state index in [4.69, 9.17) is 0 Å². The van der Waals surface area contributed by atoms with E-state index < -0.39 is 0 Å². The van der Waals surface area contributed by atoms with Gasteiger partial charge in [0.2, 0.25) is 0 Å². The van der Waals surface area contributed by atoms with Crippen molar-refractivity contribution in [2.75, 3.05) is 5.32 Å². The van der Waals surface area contributed by atoms with Crippen LogP contribution in [0.15, 0.2) is 0 Å². The van der Waals surface area contributed by atoms with E-state index in [2.05, 4.69) is 43.2 Å². The summed E-state index contributed by atoms with van der Waals surface area (Å²) in [7, 11) is 0. The van der Waals surface area contributed by atoms with Crippen molar-refractivity contribution in [3.05, 3.63) is 11.4 Å². The van der Waals surface area contributed by atoms with Crippen LogP contribution in [0.1, 0.15) is 50.9 Å². The van der Waals surface area contributed by atoms with Crippen molar-refractivity contribution < 1.29 is 0 Å². The Bertz CT molecular complexity index is 348. The van der Waals surface area contributed by atoms with Gasteiger partial charge in [-0.3, -0.25) is 5.10 Å². The molecule has 0 aromatic carbocycles. The molecule has 0 saturated heterocycles. The maximum absolute atomic E-state index is 4.25. The molecule has 2 unspecified atom stereocenters. The fourth-order valence-corrected chi connectivity index (χ4v) is 2.93. The van der Waals surface area contributed by atoms with E-state index in [-0.39, 0.29) is 0 Å². The van der Waals surface area contributed by atoms with E-state index in [0.29, 0.717) is 6.04 Å². The summed E-state index contributed by atoms with van der Waals surface area (Å²) in [6, 6.07) is 0.631. The van der Waals surface area contributed by atoms with Gasteiger partial charge < -0.3 is 5.32 Å². The molecule has 1 saturated carbocycles. The number of aromatic nitrogens is 2. The standard InChI is InChI=1S/C14H25N3/c1-9(2)12-6-5-7-13(8-12)15-14-10(3)16-17-11(14)4/h9,12-13,15H,5-8H2,1-4H3,(H,16,17). The van der Waals surface area contributed by atoms with Crippen LogP contribution in [0.2, 0.25) is 0 Å². The van der Waals surface area contributed by atoms with Crippen molar-refractivity contribution in [1.29, 1.82) is 0 Å². The van der Waals surface area contributed by atoms with E-state index in [9.17, 15) is 0 Å². The Hall–Kier alpha value is -0.990. The molecule has 0 radical (unpaired) electrons. The second-order valence-corrected chi connectivity index (χ2v) is 5.82. The number of nitrogens with one attached hydrogen (secondary N) is 2. The van der Waals surface area contributed by atoms with Gasteiger partial charge in [0.1, 0.15) is 0 Å². The van der Waals surface area contributed by atoms with Gasteiger partial charge in [0.25, 0.3) is 0 Å². The Balaban J connectivity index is 1.99. The zero-order chi connectivity index (χ0) is 12.4. The van der Waals surface area contributed by atoms with Crippen LogP contribution in [-0.4, -0.2) is 16.2 Å². The third-order valence-corrected chi connectivity index (χ3v) is 4.13. The highest BCUT2D eigenvalue weighted by Gasteiger charge is 2.24. The van der Waals surface area contributed by atoms with E-state index in [1.807, 2.05) is 0 Å². The van der Waals surface area contributed by atoms with Crippen LogP contribution >= 0.6 is 0 Å². The van der Waals surface area contributed by atoms with Crippen molar-refractivity contribution >= 4 is 5.69 Å². The number of rotatable bonds is 3. The van der Waals surface area contributed by atoms with Gasteiger partial charge in [-0.2, -0.15) is 5.10 Å². The van der Waals surface area contributed by atoms with Gasteiger partial charge in [0.05, 0.1) is 17.1 Å². The van der Waals surface area contributed by atoms with Crippen LogP contribution in [0.4, 0.5) is 5.69 Å². The van der Waals surface area contributed by atoms with Crippen LogP contribution in [0, 0.1) is 25.7 Å². The van der Waals surface area contributed by atoms with Gasteiger partial charge in [-0.25, -0.2) is 0 Å². The highest BCUT2D eigenvalue weighted by Crippen LogP contribution is 2.32. The molecule has 0 amide bonds. The number of hydrogen-bond donors (Lipinski definition) is 2. The molecule has 1 aromatic rings. The SMILES string of the molecule is Cc1n[nH]c(C)c1NC1CCCC(C(C)C)C1. The quantitative estimate of drug-likeness (QED) is 0.839. The van der Waals surface area contributed by atoms with Crippen molar-refractivity contribution in [3.8, 4) is 0 Å². The van der Waals surface area contributed by atoms with Crippen LogP contribution in [-0.2, 0) is 0 Å². The van der Waals surface area contributed by atoms with Gasteiger partial charge in [-0.15, -0.1) is 0 Å². The zero-order valence-electron chi connectivity index (χ0n) is 11.5. The summed E-state index contributed by atoms with van der Waals surface area (Å²) in [6.07, 6.45) is 5.37. The molecule has 2 N–H and O–H groups in total. The van der Waals surface area contributed by atoms with Crippen molar-refractivity contribution in [2.24, 2.45) is 11.8 Å². The van der Waals surface area contributed by atoms with Crippen LogP contribution < -0.4 is 5.32 Å². The molecule has 0 aliphatic heterocycles. The lowest BCUT2D eigenvalue weighted by molar-refractivity contribution is 0.264. The fourth-order valence-electron chi connectivity index (χ4n) is 2.93. The lowest BCUT2D eigenvalue weighted by Crippen LogP contribution is -2.29. The molecule has 3 heteroatoms. The minimum atomic E-state index is 0.631. The third-order valence-electron chi connectivity index (χ3n) is 4.13. The summed E-state index contributed by atoms with van der Waals surface area (Å²) >= 11 is 0. The molecule has 0 spiro atoms. The second-order valence-electron chi connectivity index (χ2n) is 5.82. The maximum atomic E-state index is 4.25. The lowest BCUT2D eigenvalue weighted by Gasteiger charge is -2.32. The molecule has 2 atom stereocenters. The molecule has 1 aliphatic rings. The van der Waals surface area contributed by atoms with Gasteiger partial charge in [0.15, 0.2) is 0 Å². The fraction of sp³-hybridized carbons (Fsp3) is 0.786. The number of anilines is 1. The molecule has 1 aromatic heterocycles. The third kappa shape index (κ3) is 2.82. The van der Waals surface area contributed by atoms with Crippen molar-refractivity contribution in [3.63, 3.8) is 0 Å². The Morgan fingerprint density at radius 1 is 1.29 bits per heavy atom. The lowest BCUT2D eigenvalue weighted by atomic mass is 9.79. The predicted octanol–water partition coefficient (Wildman–Crippen LogP) is 3.65. The first-order chi connectivity index (χ1) is 8.08. The molecule has 0 bridgehead atoms. The predicted molar refractivity (Wildman–Crippen MR) is 72.3 cm³/mol. The highest BCUT2D eigenvalue weighted by atomic mass is 15.2. The summed E-state index contributed by atoms with van der Waals surface area (Å²) in [5, 5.41) is 11.0. The summed E-state index contributed by atoms with van der Waals surface area (Å²) in [4.78, 5) is 0. The van der Waals surface area contributed by atoms with Crippen LogP contribution in [0.3, 0.4) is 0 Å². The molecule has 2 rings (SSSR count). The first-order valence-electron chi connectivity index (χ1n) is 6.86. The van der Waals surface area contributed by atoms with Gasteiger partial charge in [0, 0.05) is 6.04 Å². The molecule has 96 valence electrons. The molecular weight excluding hydrogens is 210 g/mol. The Labute approximate surface area is 104 Å². The first-order valence-corrected chi connectivity index (χ1v) is 6.86. The summed E-state index contributed by atoms with van der Waals surface area (Å²) < 4.78 is 0. The first kappa shape index (κ1) is 12.5. The van der Waals surface area contributed by atoms with E-state index in [0.717, 1.165) is 23.2 Å². The van der Waals surface area contributed by atoms with Crippen molar-refractivity contribution in [1.82, 2.24) is 10.2 Å². The second kappa shape index (κ2) is 5.11. The number of hydrogen-bond acceptors (Lipinski definition) is 2. The molecule has 1 fully saturated rings. The Kier molecular flexibility index (Phi) is 3.75. The summed E-state index contributed by atoms with van der Waals surface area (Å²) in [5.74, 6) is 1.69. The molecule has 1 heterocycles. The number of aryl methyl sites for hydroxylation is 2.